The van der Waals surface area contributed by atoms with Crippen molar-refractivity contribution in [3.63, 3.8) is 0 Å². The normalized spacial score (nSPS) is 33.7. The molecule has 3 unspecified atom stereocenters. The number of likely N-dealkylation sites (tertiary alicyclic amines) is 1. The van der Waals surface area contributed by atoms with Crippen molar-refractivity contribution in [2.24, 2.45) is 11.8 Å². The molecule has 0 aromatic rings. The Kier molecular flexibility index (Phi) is 5.50. The summed E-state index contributed by atoms with van der Waals surface area (Å²) in [4.78, 5) is 2.79. The topological polar surface area (TPSA) is 15.3 Å². The molecular formula is C16H32N2. The lowest BCUT2D eigenvalue weighted by atomic mass is 9.98. The lowest BCUT2D eigenvalue weighted by molar-refractivity contribution is 0.167. The minimum absolute atomic E-state index is 0.804. The Labute approximate surface area is 114 Å². The Morgan fingerprint density at radius 3 is 2.72 bits per heavy atom. The van der Waals surface area contributed by atoms with E-state index in [1.165, 1.54) is 58.2 Å². The molecule has 2 rings (SSSR count). The van der Waals surface area contributed by atoms with E-state index in [0.717, 1.165) is 23.9 Å². The molecule has 2 fully saturated rings. The fourth-order valence-corrected chi connectivity index (χ4v) is 3.99. The van der Waals surface area contributed by atoms with Gasteiger partial charge in [0.25, 0.3) is 0 Å². The number of nitrogens with zero attached hydrogens (tertiary/aromatic N) is 1. The summed E-state index contributed by atoms with van der Waals surface area (Å²) >= 11 is 0. The summed E-state index contributed by atoms with van der Waals surface area (Å²) < 4.78 is 0. The maximum absolute atomic E-state index is 3.77. The van der Waals surface area contributed by atoms with Crippen molar-refractivity contribution in [3.8, 4) is 0 Å². The van der Waals surface area contributed by atoms with Crippen molar-refractivity contribution in [2.75, 3.05) is 19.6 Å². The predicted molar refractivity (Wildman–Crippen MR) is 78.9 cm³/mol. The van der Waals surface area contributed by atoms with E-state index in [-0.39, 0.29) is 0 Å². The van der Waals surface area contributed by atoms with Crippen LogP contribution in [0.25, 0.3) is 0 Å². The molecule has 2 heteroatoms. The Morgan fingerprint density at radius 1 is 1.17 bits per heavy atom. The van der Waals surface area contributed by atoms with Crippen LogP contribution >= 0.6 is 0 Å². The molecule has 2 aliphatic rings. The summed E-state index contributed by atoms with van der Waals surface area (Å²) in [6.45, 7) is 11.0. The molecule has 1 heterocycles. The van der Waals surface area contributed by atoms with E-state index < -0.39 is 0 Å². The molecular weight excluding hydrogens is 220 g/mol. The van der Waals surface area contributed by atoms with Gasteiger partial charge in [-0.15, -0.1) is 0 Å². The molecule has 1 saturated carbocycles. The summed E-state index contributed by atoms with van der Waals surface area (Å²) in [5.74, 6) is 1.74. The van der Waals surface area contributed by atoms with Gasteiger partial charge in [-0.1, -0.05) is 27.2 Å². The number of nitrogens with one attached hydrogen (secondary N) is 1. The number of rotatable bonds is 6. The van der Waals surface area contributed by atoms with Crippen LogP contribution in [0.4, 0.5) is 0 Å². The summed E-state index contributed by atoms with van der Waals surface area (Å²) in [6.07, 6.45) is 8.40. The SMILES string of the molecule is CCCNC1CCCC1CN1CCCC1C(C)C. The van der Waals surface area contributed by atoms with E-state index in [4.69, 9.17) is 0 Å². The quantitative estimate of drug-likeness (QED) is 0.780. The molecule has 1 N–H and O–H groups in total. The minimum Gasteiger partial charge on any atom is -0.314 e. The average molecular weight is 252 g/mol. The molecule has 1 aliphatic heterocycles. The van der Waals surface area contributed by atoms with E-state index in [1.807, 2.05) is 0 Å². The first kappa shape index (κ1) is 14.3. The van der Waals surface area contributed by atoms with Gasteiger partial charge in [0.05, 0.1) is 0 Å². The highest BCUT2D eigenvalue weighted by Crippen LogP contribution is 2.31. The standard InChI is InChI=1S/C16H32N2/c1-4-10-17-15-8-5-7-14(15)12-18-11-6-9-16(18)13(2)3/h13-17H,4-12H2,1-3H3. The van der Waals surface area contributed by atoms with Crippen LogP contribution < -0.4 is 5.32 Å². The zero-order valence-corrected chi connectivity index (χ0v) is 12.6. The van der Waals surface area contributed by atoms with Crippen LogP contribution in [0.15, 0.2) is 0 Å². The number of hydrogen-bond donors (Lipinski definition) is 1. The first-order valence-electron chi connectivity index (χ1n) is 8.19. The Balaban J connectivity index is 1.83. The maximum atomic E-state index is 3.77. The van der Waals surface area contributed by atoms with Crippen molar-refractivity contribution < 1.29 is 0 Å². The van der Waals surface area contributed by atoms with Gasteiger partial charge >= 0.3 is 0 Å². The van der Waals surface area contributed by atoms with Crippen LogP contribution in [0.5, 0.6) is 0 Å². The Morgan fingerprint density at radius 2 is 2.00 bits per heavy atom. The van der Waals surface area contributed by atoms with E-state index in [9.17, 15) is 0 Å². The monoisotopic (exact) mass is 252 g/mol. The molecule has 3 atom stereocenters. The molecule has 0 aromatic carbocycles. The zero-order valence-electron chi connectivity index (χ0n) is 12.6. The van der Waals surface area contributed by atoms with Crippen LogP contribution in [0, 0.1) is 11.8 Å². The predicted octanol–water partition coefficient (Wildman–Crippen LogP) is 3.28. The van der Waals surface area contributed by atoms with Gasteiger partial charge in [0.1, 0.15) is 0 Å². The third-order valence-electron chi connectivity index (χ3n) is 4.97. The highest BCUT2D eigenvalue weighted by Gasteiger charge is 2.33. The van der Waals surface area contributed by atoms with Crippen molar-refractivity contribution in [3.05, 3.63) is 0 Å². The highest BCUT2D eigenvalue weighted by molar-refractivity contribution is 4.89. The molecule has 0 aromatic heterocycles. The Bertz CT molecular complexity index is 239. The van der Waals surface area contributed by atoms with Gasteiger partial charge in [0, 0.05) is 18.6 Å². The zero-order chi connectivity index (χ0) is 13.0. The van der Waals surface area contributed by atoms with Crippen molar-refractivity contribution in [1.82, 2.24) is 10.2 Å². The first-order chi connectivity index (χ1) is 8.72. The number of hydrogen-bond acceptors (Lipinski definition) is 2. The van der Waals surface area contributed by atoms with E-state index >= 15 is 0 Å². The van der Waals surface area contributed by atoms with Crippen molar-refractivity contribution >= 4 is 0 Å². The molecule has 106 valence electrons. The first-order valence-corrected chi connectivity index (χ1v) is 8.19. The lowest BCUT2D eigenvalue weighted by Crippen LogP contribution is -2.42. The van der Waals surface area contributed by atoms with Gasteiger partial charge < -0.3 is 5.32 Å². The van der Waals surface area contributed by atoms with Crippen LogP contribution in [-0.4, -0.2) is 36.6 Å². The summed E-state index contributed by atoms with van der Waals surface area (Å²) in [7, 11) is 0. The summed E-state index contributed by atoms with van der Waals surface area (Å²) in [5, 5.41) is 3.77. The van der Waals surface area contributed by atoms with Gasteiger partial charge in [-0.25, -0.2) is 0 Å². The average Bonchev–Trinajstić information content (AvgIpc) is 2.96. The fourth-order valence-electron chi connectivity index (χ4n) is 3.99. The van der Waals surface area contributed by atoms with E-state index in [0.29, 0.717) is 0 Å². The van der Waals surface area contributed by atoms with Crippen LogP contribution in [-0.2, 0) is 0 Å². The molecule has 0 spiro atoms. The third-order valence-corrected chi connectivity index (χ3v) is 4.97. The second-order valence-corrected chi connectivity index (χ2v) is 6.70. The second kappa shape index (κ2) is 6.91. The van der Waals surface area contributed by atoms with Gasteiger partial charge in [-0.3, -0.25) is 4.90 Å². The minimum atomic E-state index is 0.804. The maximum Gasteiger partial charge on any atom is 0.0119 e. The molecule has 0 bridgehead atoms. The summed E-state index contributed by atoms with van der Waals surface area (Å²) in [6, 6.07) is 1.66. The van der Waals surface area contributed by atoms with Gasteiger partial charge in [-0.2, -0.15) is 0 Å². The smallest absolute Gasteiger partial charge is 0.0119 e. The van der Waals surface area contributed by atoms with E-state index in [1.54, 1.807) is 0 Å². The largest absolute Gasteiger partial charge is 0.314 e. The lowest BCUT2D eigenvalue weighted by Gasteiger charge is -2.32. The van der Waals surface area contributed by atoms with Gasteiger partial charge in [0.15, 0.2) is 0 Å². The molecule has 1 saturated heterocycles. The summed E-state index contributed by atoms with van der Waals surface area (Å²) in [5.41, 5.74) is 0. The molecule has 0 radical (unpaired) electrons. The Hall–Kier alpha value is -0.0800. The highest BCUT2D eigenvalue weighted by atomic mass is 15.2. The van der Waals surface area contributed by atoms with Gasteiger partial charge in [-0.05, 0) is 57.0 Å². The fraction of sp³-hybridized carbons (Fsp3) is 1.00. The van der Waals surface area contributed by atoms with Gasteiger partial charge in [0.2, 0.25) is 0 Å². The van der Waals surface area contributed by atoms with E-state index in [2.05, 4.69) is 31.0 Å². The molecule has 0 amide bonds. The van der Waals surface area contributed by atoms with Crippen molar-refractivity contribution in [2.45, 2.75) is 71.4 Å². The second-order valence-electron chi connectivity index (χ2n) is 6.70. The van der Waals surface area contributed by atoms with Crippen LogP contribution in [0.1, 0.15) is 59.3 Å². The van der Waals surface area contributed by atoms with Crippen LogP contribution in [0.2, 0.25) is 0 Å². The van der Waals surface area contributed by atoms with Crippen molar-refractivity contribution in [1.29, 1.82) is 0 Å². The third kappa shape index (κ3) is 3.48. The molecule has 2 nitrogen and oxygen atoms in total. The van der Waals surface area contributed by atoms with Crippen LogP contribution in [0.3, 0.4) is 0 Å². The molecule has 1 aliphatic carbocycles. The molecule has 18 heavy (non-hydrogen) atoms.